The maximum atomic E-state index is 13.9. The maximum Gasteiger partial charge on any atom is 0.242 e. The Morgan fingerprint density at radius 3 is 2.93 bits per heavy atom. The van der Waals surface area contributed by atoms with E-state index < -0.39 is 0 Å². The van der Waals surface area contributed by atoms with Crippen LogP contribution in [-0.2, 0) is 17.8 Å². The molecule has 0 radical (unpaired) electrons. The van der Waals surface area contributed by atoms with Crippen LogP contribution in [0.2, 0.25) is 0 Å². The summed E-state index contributed by atoms with van der Waals surface area (Å²) in [5, 5.41) is 6.77. The molecule has 7 nitrogen and oxygen atoms in total. The van der Waals surface area contributed by atoms with E-state index in [1.54, 1.807) is 12.1 Å². The van der Waals surface area contributed by atoms with Crippen molar-refractivity contribution >= 4 is 17.5 Å². The second-order valence-electron chi connectivity index (χ2n) is 8.01. The third-order valence-corrected chi connectivity index (χ3v) is 5.94. The molecule has 1 fully saturated rings. The number of aromatic nitrogens is 2. The van der Waals surface area contributed by atoms with Crippen molar-refractivity contribution < 1.29 is 9.18 Å². The monoisotopic (exact) mass is 412 g/mol. The first kappa shape index (κ1) is 20.5. The van der Waals surface area contributed by atoms with Crippen molar-refractivity contribution in [1.29, 1.82) is 0 Å². The Morgan fingerprint density at radius 1 is 1.20 bits per heavy atom. The molecule has 0 aliphatic carbocycles. The van der Waals surface area contributed by atoms with Crippen molar-refractivity contribution in [3.05, 3.63) is 47.5 Å². The first-order valence-corrected chi connectivity index (χ1v) is 10.7. The quantitative estimate of drug-likeness (QED) is 0.784. The summed E-state index contributed by atoms with van der Waals surface area (Å²) >= 11 is 0. The van der Waals surface area contributed by atoms with Gasteiger partial charge in [-0.25, -0.2) is 14.4 Å². The van der Waals surface area contributed by atoms with Gasteiger partial charge in [-0.2, -0.15) is 0 Å². The van der Waals surface area contributed by atoms with Gasteiger partial charge in [-0.05, 0) is 50.4 Å². The highest BCUT2D eigenvalue weighted by molar-refractivity contribution is 5.83. The Kier molecular flexibility index (Phi) is 6.42. The van der Waals surface area contributed by atoms with Gasteiger partial charge in [-0.1, -0.05) is 18.2 Å². The number of nitrogens with one attached hydrogen (secondary N) is 2. The highest BCUT2D eigenvalue weighted by Gasteiger charge is 2.31. The van der Waals surface area contributed by atoms with E-state index in [1.165, 1.54) is 12.4 Å². The Bertz CT molecular complexity index is 884. The molecule has 1 unspecified atom stereocenters. The average Bonchev–Trinajstić information content (AvgIpc) is 3.08. The number of rotatable bonds is 5. The summed E-state index contributed by atoms with van der Waals surface area (Å²) < 4.78 is 13.9. The van der Waals surface area contributed by atoms with E-state index in [2.05, 4.69) is 20.6 Å². The van der Waals surface area contributed by atoms with Crippen LogP contribution < -0.4 is 15.5 Å². The summed E-state index contributed by atoms with van der Waals surface area (Å²) in [6, 6.07) is 7.03. The molecule has 1 aromatic heterocycles. The number of benzene rings is 1. The molecule has 4 rings (SSSR count). The van der Waals surface area contributed by atoms with Crippen molar-refractivity contribution in [3.63, 3.8) is 0 Å². The number of nitrogens with zero attached hydrogens (tertiary/aromatic N) is 4. The Balaban J connectivity index is 1.54. The van der Waals surface area contributed by atoms with Crippen molar-refractivity contribution in [2.24, 2.45) is 0 Å². The Labute approximate surface area is 176 Å². The minimum absolute atomic E-state index is 0.125. The van der Waals surface area contributed by atoms with E-state index in [0.29, 0.717) is 31.6 Å². The lowest BCUT2D eigenvalue weighted by Crippen LogP contribution is -2.43. The fourth-order valence-electron chi connectivity index (χ4n) is 4.32. The van der Waals surface area contributed by atoms with Crippen molar-refractivity contribution in [2.75, 3.05) is 43.4 Å². The van der Waals surface area contributed by atoms with Crippen molar-refractivity contribution in [3.8, 4) is 0 Å². The van der Waals surface area contributed by atoms with Crippen LogP contribution in [0.25, 0.3) is 0 Å². The minimum Gasteiger partial charge on any atom is -0.369 e. The lowest BCUT2D eigenvalue weighted by atomic mass is 10.1. The summed E-state index contributed by atoms with van der Waals surface area (Å²) in [5.41, 5.74) is 1.60. The number of hydrogen-bond acceptors (Lipinski definition) is 6. The molecule has 2 N–H and O–H groups in total. The lowest BCUT2D eigenvalue weighted by Gasteiger charge is -2.30. The largest absolute Gasteiger partial charge is 0.369 e. The first-order valence-electron chi connectivity index (χ1n) is 10.7. The number of carbonyl (C=O) groups is 1. The zero-order chi connectivity index (χ0) is 20.9. The average molecular weight is 413 g/mol. The van der Waals surface area contributed by atoms with Gasteiger partial charge in [0.15, 0.2) is 0 Å². The molecule has 1 amide bonds. The van der Waals surface area contributed by atoms with Crippen LogP contribution in [0, 0.1) is 5.82 Å². The summed E-state index contributed by atoms with van der Waals surface area (Å²) in [6.07, 6.45) is 5.10. The number of anilines is 2. The van der Waals surface area contributed by atoms with Gasteiger partial charge in [-0.3, -0.25) is 4.79 Å². The summed E-state index contributed by atoms with van der Waals surface area (Å²) in [6.45, 7) is 3.28. The van der Waals surface area contributed by atoms with Crippen LogP contribution in [-0.4, -0.2) is 60.0 Å². The number of hydrogen-bond donors (Lipinski definition) is 2. The van der Waals surface area contributed by atoms with E-state index in [1.807, 2.05) is 22.9 Å². The Morgan fingerprint density at radius 2 is 2.07 bits per heavy atom. The van der Waals surface area contributed by atoms with E-state index in [-0.39, 0.29) is 17.8 Å². The van der Waals surface area contributed by atoms with Crippen molar-refractivity contribution in [1.82, 2.24) is 20.2 Å². The molecular formula is C22H29FN6O. The van der Waals surface area contributed by atoms with Gasteiger partial charge in [-0.15, -0.1) is 0 Å². The molecule has 1 saturated heterocycles. The van der Waals surface area contributed by atoms with Gasteiger partial charge in [0.25, 0.3) is 0 Å². The van der Waals surface area contributed by atoms with Gasteiger partial charge < -0.3 is 20.4 Å². The highest BCUT2D eigenvalue weighted by atomic mass is 19.1. The maximum absolute atomic E-state index is 13.9. The summed E-state index contributed by atoms with van der Waals surface area (Å²) in [4.78, 5) is 25.8. The van der Waals surface area contributed by atoms with E-state index in [0.717, 1.165) is 49.6 Å². The van der Waals surface area contributed by atoms with Gasteiger partial charge in [0.2, 0.25) is 5.91 Å². The second kappa shape index (κ2) is 9.38. The standard InChI is InChI=1S/C22H29FN6O/c1-28-14-20(30)29(17-6-4-10-24-11-9-17)13-18-21(26-15-27-22(18)28)25-12-8-16-5-2-3-7-19(16)23/h2-3,5,7,15,17,24H,4,6,8-14H2,1H3,(H,25,26,27). The number of amides is 1. The third kappa shape index (κ3) is 4.53. The van der Waals surface area contributed by atoms with Crippen LogP contribution in [0.3, 0.4) is 0 Å². The van der Waals surface area contributed by atoms with Crippen LogP contribution in [0.15, 0.2) is 30.6 Å². The molecule has 30 heavy (non-hydrogen) atoms. The topological polar surface area (TPSA) is 73.4 Å². The van der Waals surface area contributed by atoms with Crippen molar-refractivity contribution in [2.45, 2.75) is 38.3 Å². The predicted octanol–water partition coefficient (Wildman–Crippen LogP) is 2.19. The number of likely N-dealkylation sites (N-methyl/N-ethyl adjacent to an activating group) is 1. The van der Waals surface area contributed by atoms with Gasteiger partial charge in [0.05, 0.1) is 18.7 Å². The molecule has 2 aromatic rings. The SMILES string of the molecule is CN1CC(=O)N(C2CCCNCC2)Cc2c(NCCc3ccccc3F)ncnc21. The third-order valence-electron chi connectivity index (χ3n) is 5.94. The van der Waals surface area contributed by atoms with Crippen LogP contribution >= 0.6 is 0 Å². The molecule has 2 aliphatic rings. The molecule has 1 aromatic carbocycles. The van der Waals surface area contributed by atoms with Crippen LogP contribution in [0.5, 0.6) is 0 Å². The molecule has 0 bridgehead atoms. The summed E-state index contributed by atoms with van der Waals surface area (Å²) in [7, 11) is 1.89. The van der Waals surface area contributed by atoms with E-state index >= 15 is 0 Å². The van der Waals surface area contributed by atoms with Gasteiger partial charge >= 0.3 is 0 Å². The zero-order valence-electron chi connectivity index (χ0n) is 17.4. The molecule has 0 spiro atoms. The van der Waals surface area contributed by atoms with Gasteiger partial charge in [0.1, 0.15) is 23.8 Å². The van der Waals surface area contributed by atoms with Crippen LogP contribution in [0.4, 0.5) is 16.0 Å². The molecule has 3 heterocycles. The lowest BCUT2D eigenvalue weighted by molar-refractivity contribution is -0.132. The second-order valence-corrected chi connectivity index (χ2v) is 8.01. The first-order chi connectivity index (χ1) is 14.6. The fourth-order valence-corrected chi connectivity index (χ4v) is 4.32. The smallest absolute Gasteiger partial charge is 0.242 e. The number of halogens is 1. The molecule has 8 heteroatoms. The zero-order valence-corrected chi connectivity index (χ0v) is 17.4. The summed E-state index contributed by atoms with van der Waals surface area (Å²) in [5.74, 6) is 1.43. The number of fused-ring (bicyclic) bond motifs is 1. The van der Waals surface area contributed by atoms with Gasteiger partial charge in [0, 0.05) is 19.6 Å². The normalized spacial score (nSPS) is 19.8. The van der Waals surface area contributed by atoms with Crippen LogP contribution in [0.1, 0.15) is 30.4 Å². The number of carbonyl (C=O) groups excluding carboxylic acids is 1. The Hall–Kier alpha value is -2.74. The molecule has 2 aliphatic heterocycles. The minimum atomic E-state index is -0.195. The molecule has 0 saturated carbocycles. The molecule has 160 valence electrons. The molecular weight excluding hydrogens is 383 g/mol. The fraction of sp³-hybridized carbons (Fsp3) is 0.500. The van der Waals surface area contributed by atoms with E-state index in [4.69, 9.17) is 0 Å². The predicted molar refractivity (Wildman–Crippen MR) is 115 cm³/mol. The molecule has 1 atom stereocenters. The highest BCUT2D eigenvalue weighted by Crippen LogP contribution is 2.29. The van der Waals surface area contributed by atoms with E-state index in [9.17, 15) is 9.18 Å².